The Morgan fingerprint density at radius 3 is 2.88 bits per heavy atom. The average molecular weight is 352 g/mol. The molecule has 7 nitrogen and oxygen atoms in total. The Morgan fingerprint density at radius 1 is 1.31 bits per heavy atom. The summed E-state index contributed by atoms with van der Waals surface area (Å²) in [5.74, 6) is -0.450. The lowest BCUT2D eigenvalue weighted by Gasteiger charge is -2.32. The van der Waals surface area contributed by atoms with Crippen molar-refractivity contribution in [2.75, 3.05) is 13.1 Å². The van der Waals surface area contributed by atoms with Crippen molar-refractivity contribution in [1.29, 1.82) is 0 Å². The van der Waals surface area contributed by atoms with Crippen LogP contribution >= 0.6 is 0 Å². The Labute approximate surface area is 150 Å². The molecule has 0 radical (unpaired) electrons. The van der Waals surface area contributed by atoms with Gasteiger partial charge in [-0.3, -0.25) is 19.5 Å². The first-order valence-corrected chi connectivity index (χ1v) is 8.76. The van der Waals surface area contributed by atoms with Gasteiger partial charge < -0.3 is 10.2 Å². The van der Waals surface area contributed by atoms with Crippen LogP contribution in [0.3, 0.4) is 0 Å². The number of H-pyrrole nitrogens is 1. The molecule has 1 aromatic heterocycles. The number of rotatable bonds is 3. The lowest BCUT2D eigenvalue weighted by atomic mass is 9.77. The molecule has 0 saturated carbocycles. The van der Waals surface area contributed by atoms with Gasteiger partial charge in [-0.15, -0.1) is 0 Å². The van der Waals surface area contributed by atoms with Crippen LogP contribution in [0.1, 0.15) is 39.6 Å². The zero-order valence-electron chi connectivity index (χ0n) is 14.5. The lowest BCUT2D eigenvalue weighted by molar-refractivity contribution is -0.132. The summed E-state index contributed by atoms with van der Waals surface area (Å²) < 4.78 is 0. The van der Waals surface area contributed by atoms with E-state index < -0.39 is 11.3 Å². The summed E-state index contributed by atoms with van der Waals surface area (Å²) in [6.45, 7) is 2.78. The van der Waals surface area contributed by atoms with Crippen LogP contribution in [0.2, 0.25) is 0 Å². The van der Waals surface area contributed by atoms with Crippen LogP contribution in [0, 0.1) is 6.92 Å². The maximum atomic E-state index is 12.7. The largest absolute Gasteiger partial charge is 0.346 e. The van der Waals surface area contributed by atoms with Gasteiger partial charge in [0.05, 0.1) is 5.92 Å². The van der Waals surface area contributed by atoms with Crippen molar-refractivity contribution in [3.63, 3.8) is 0 Å². The molecule has 1 aromatic carbocycles. The molecule has 2 aromatic rings. The number of aromatic nitrogens is 2. The SMILES string of the molecule is Cc1cc(=O)c(C(=O)NC2CCN(C(=O)C3Cc4ccccc43)C2)n[nH]1. The van der Waals surface area contributed by atoms with Crippen molar-refractivity contribution in [2.45, 2.75) is 31.7 Å². The fourth-order valence-electron chi connectivity index (χ4n) is 3.69. The van der Waals surface area contributed by atoms with Crippen molar-refractivity contribution in [3.8, 4) is 0 Å². The van der Waals surface area contributed by atoms with Gasteiger partial charge in [0.15, 0.2) is 5.69 Å². The highest BCUT2D eigenvalue weighted by Crippen LogP contribution is 2.36. The molecule has 1 aliphatic heterocycles. The minimum absolute atomic E-state index is 0.0674. The maximum Gasteiger partial charge on any atom is 0.276 e. The summed E-state index contributed by atoms with van der Waals surface area (Å²) in [7, 11) is 0. The van der Waals surface area contributed by atoms with E-state index in [4.69, 9.17) is 0 Å². The van der Waals surface area contributed by atoms with E-state index in [1.807, 2.05) is 18.2 Å². The number of amides is 2. The number of hydrogen-bond acceptors (Lipinski definition) is 4. The second-order valence-corrected chi connectivity index (χ2v) is 6.96. The van der Waals surface area contributed by atoms with Crippen LogP contribution in [0.15, 0.2) is 35.1 Å². The number of carbonyl (C=O) groups is 2. The first kappa shape index (κ1) is 16.5. The first-order valence-electron chi connectivity index (χ1n) is 8.76. The summed E-state index contributed by atoms with van der Waals surface area (Å²) in [5, 5.41) is 9.28. The minimum Gasteiger partial charge on any atom is -0.346 e. The van der Waals surface area contributed by atoms with Crippen LogP contribution in [-0.2, 0) is 11.2 Å². The van der Waals surface area contributed by atoms with Gasteiger partial charge in [0.25, 0.3) is 5.91 Å². The lowest BCUT2D eigenvalue weighted by Crippen LogP contribution is -2.42. The number of hydrogen-bond donors (Lipinski definition) is 2. The number of nitrogens with zero attached hydrogens (tertiary/aromatic N) is 2. The summed E-state index contributed by atoms with van der Waals surface area (Å²) in [6, 6.07) is 9.19. The Bertz CT molecular complexity index is 936. The van der Waals surface area contributed by atoms with E-state index in [9.17, 15) is 14.4 Å². The Kier molecular flexibility index (Phi) is 4.06. The number of benzene rings is 1. The second-order valence-electron chi connectivity index (χ2n) is 6.96. The number of fused-ring (bicyclic) bond motifs is 1. The van der Waals surface area contributed by atoms with Crippen LogP contribution in [-0.4, -0.2) is 46.0 Å². The normalized spacial score (nSPS) is 21.0. The molecule has 1 saturated heterocycles. The standard InChI is InChI=1S/C19H20N4O3/c1-11-8-16(24)17(22-21-11)18(25)20-13-6-7-23(10-13)19(26)15-9-12-4-2-3-5-14(12)15/h2-5,8,13,15H,6-7,9-10H2,1H3,(H,20,25)(H,21,24). The van der Waals surface area contributed by atoms with E-state index >= 15 is 0 Å². The minimum atomic E-state index is -0.500. The summed E-state index contributed by atoms with van der Waals surface area (Å²) >= 11 is 0. The number of nitrogens with one attached hydrogen (secondary N) is 2. The van der Waals surface area contributed by atoms with E-state index in [0.29, 0.717) is 25.2 Å². The van der Waals surface area contributed by atoms with Crippen molar-refractivity contribution in [2.24, 2.45) is 0 Å². The molecule has 2 N–H and O–H groups in total. The van der Waals surface area contributed by atoms with E-state index in [0.717, 1.165) is 12.0 Å². The van der Waals surface area contributed by atoms with E-state index in [1.54, 1.807) is 11.8 Å². The molecule has 2 aliphatic rings. The van der Waals surface area contributed by atoms with Crippen molar-refractivity contribution < 1.29 is 9.59 Å². The number of aryl methyl sites for hydroxylation is 1. The van der Waals surface area contributed by atoms with Gasteiger partial charge in [0.2, 0.25) is 11.3 Å². The van der Waals surface area contributed by atoms with Crippen molar-refractivity contribution in [1.82, 2.24) is 20.4 Å². The molecule has 4 rings (SSSR count). The molecule has 134 valence electrons. The second kappa shape index (κ2) is 6.40. The number of aromatic amines is 1. The number of carbonyl (C=O) groups excluding carboxylic acids is 2. The van der Waals surface area contributed by atoms with Crippen molar-refractivity contribution in [3.05, 3.63) is 63.1 Å². The molecular weight excluding hydrogens is 332 g/mol. The molecule has 7 heteroatoms. The highest BCUT2D eigenvalue weighted by Gasteiger charge is 2.37. The van der Waals surface area contributed by atoms with Crippen LogP contribution < -0.4 is 10.7 Å². The quantitative estimate of drug-likeness (QED) is 0.852. The van der Waals surface area contributed by atoms with Gasteiger partial charge in [-0.1, -0.05) is 24.3 Å². The average Bonchev–Trinajstić information content (AvgIpc) is 3.04. The number of likely N-dealkylation sites (tertiary alicyclic amines) is 1. The van der Waals surface area contributed by atoms with Crippen LogP contribution in [0.5, 0.6) is 0 Å². The smallest absolute Gasteiger partial charge is 0.276 e. The Balaban J connectivity index is 1.38. The Hall–Kier alpha value is -2.96. The first-order chi connectivity index (χ1) is 12.5. The molecule has 0 spiro atoms. The molecular formula is C19H20N4O3. The zero-order valence-corrected chi connectivity index (χ0v) is 14.5. The molecule has 2 heterocycles. The monoisotopic (exact) mass is 352 g/mol. The molecule has 2 unspecified atom stereocenters. The predicted octanol–water partition coefficient (Wildman–Crippen LogP) is 0.749. The third kappa shape index (κ3) is 2.89. The van der Waals surface area contributed by atoms with Gasteiger partial charge in [-0.2, -0.15) is 5.10 Å². The highest BCUT2D eigenvalue weighted by molar-refractivity contribution is 5.92. The molecule has 1 aliphatic carbocycles. The highest BCUT2D eigenvalue weighted by atomic mass is 16.2. The molecule has 2 amide bonds. The fourth-order valence-corrected chi connectivity index (χ4v) is 3.69. The third-order valence-electron chi connectivity index (χ3n) is 5.13. The van der Waals surface area contributed by atoms with Gasteiger partial charge >= 0.3 is 0 Å². The van der Waals surface area contributed by atoms with Gasteiger partial charge in [0.1, 0.15) is 0 Å². The molecule has 0 bridgehead atoms. The molecule has 1 fully saturated rings. The van der Waals surface area contributed by atoms with E-state index in [-0.39, 0.29) is 23.6 Å². The van der Waals surface area contributed by atoms with Crippen LogP contribution in [0.4, 0.5) is 0 Å². The summed E-state index contributed by atoms with van der Waals surface area (Å²) in [6.07, 6.45) is 1.46. The molecule has 2 atom stereocenters. The summed E-state index contributed by atoms with van der Waals surface area (Å²) in [4.78, 5) is 38.7. The van der Waals surface area contributed by atoms with Gasteiger partial charge in [-0.25, -0.2) is 0 Å². The molecule has 26 heavy (non-hydrogen) atoms. The van der Waals surface area contributed by atoms with Crippen molar-refractivity contribution >= 4 is 11.8 Å². The van der Waals surface area contributed by atoms with Crippen LogP contribution in [0.25, 0.3) is 0 Å². The van der Waals surface area contributed by atoms with E-state index in [1.165, 1.54) is 11.6 Å². The maximum absolute atomic E-state index is 12.7. The topological polar surface area (TPSA) is 95.2 Å². The van der Waals surface area contributed by atoms with Gasteiger partial charge in [-0.05, 0) is 30.9 Å². The zero-order chi connectivity index (χ0) is 18.3. The summed E-state index contributed by atoms with van der Waals surface area (Å²) in [5.41, 5.74) is 2.40. The van der Waals surface area contributed by atoms with Gasteiger partial charge in [0, 0.05) is 30.9 Å². The fraction of sp³-hybridized carbons (Fsp3) is 0.368. The van der Waals surface area contributed by atoms with E-state index in [2.05, 4.69) is 21.6 Å². The Morgan fingerprint density at radius 2 is 2.12 bits per heavy atom. The third-order valence-corrected chi connectivity index (χ3v) is 5.13. The predicted molar refractivity (Wildman–Crippen MR) is 94.9 cm³/mol.